The number of phenols is 1. The minimum absolute atomic E-state index is 0.0629. The predicted molar refractivity (Wildman–Crippen MR) is 195 cm³/mol. The molecule has 6 atom stereocenters. The fraction of sp³-hybridized carbons (Fsp3) is 0.302. The predicted octanol–water partition coefficient (Wildman–Crippen LogP) is 7.27. The van der Waals surface area contributed by atoms with E-state index in [-0.39, 0.29) is 35.6 Å². The SMILES string of the molecule is C=CCc1cccc([C@H]2C3=CC[C@@H]4C(=O)N(c5ccc(C=Cc6cc(OC)ccc6OC)cc5)C(=O)[C@@H]4[C@@H]3C[C@H]3C(=O)C=C(C)C(=O)[C@@]23C)c1O. The third-order valence-corrected chi connectivity index (χ3v) is 11.5. The van der Waals surface area contributed by atoms with Crippen LogP contribution in [0.15, 0.2) is 96.6 Å². The maximum Gasteiger partial charge on any atom is 0.238 e. The first-order valence-corrected chi connectivity index (χ1v) is 17.3. The first kappa shape index (κ1) is 34.0. The van der Waals surface area contributed by atoms with Crippen molar-refractivity contribution in [2.24, 2.45) is 29.1 Å². The van der Waals surface area contributed by atoms with Crippen molar-refractivity contribution in [3.05, 3.63) is 119 Å². The summed E-state index contributed by atoms with van der Waals surface area (Å²) < 4.78 is 10.8. The van der Waals surface area contributed by atoms with E-state index in [9.17, 15) is 24.3 Å². The molecule has 51 heavy (non-hydrogen) atoms. The summed E-state index contributed by atoms with van der Waals surface area (Å²) >= 11 is 0. The molecule has 0 radical (unpaired) electrons. The molecule has 3 aliphatic carbocycles. The zero-order valence-corrected chi connectivity index (χ0v) is 29.2. The molecule has 3 aromatic carbocycles. The molecule has 260 valence electrons. The number of hydrogen-bond acceptors (Lipinski definition) is 7. The highest BCUT2D eigenvalue weighted by Gasteiger charge is 2.63. The Morgan fingerprint density at radius 1 is 0.961 bits per heavy atom. The van der Waals surface area contributed by atoms with E-state index in [1.165, 1.54) is 11.0 Å². The van der Waals surface area contributed by atoms with E-state index in [1.807, 2.05) is 73.7 Å². The summed E-state index contributed by atoms with van der Waals surface area (Å²) in [5.41, 5.74) is 3.46. The number of hydrogen-bond donors (Lipinski definition) is 1. The number of aromatic hydroxyl groups is 1. The lowest BCUT2D eigenvalue weighted by molar-refractivity contribution is -0.141. The van der Waals surface area contributed by atoms with E-state index < -0.39 is 35.0 Å². The van der Waals surface area contributed by atoms with Gasteiger partial charge in [0.25, 0.3) is 0 Å². The van der Waals surface area contributed by atoms with E-state index in [1.54, 1.807) is 39.4 Å². The van der Waals surface area contributed by atoms with Crippen molar-refractivity contribution in [1.29, 1.82) is 0 Å². The number of fused-ring (bicyclic) bond motifs is 4. The molecule has 1 saturated heterocycles. The fourth-order valence-corrected chi connectivity index (χ4v) is 9.05. The molecular formula is C43H41NO7. The van der Waals surface area contributed by atoms with Crippen LogP contribution < -0.4 is 14.4 Å². The number of carbonyl (C=O) groups is 4. The summed E-state index contributed by atoms with van der Waals surface area (Å²) in [6, 6.07) is 18.3. The van der Waals surface area contributed by atoms with Gasteiger partial charge in [-0.05, 0) is 85.2 Å². The average molecular weight is 684 g/mol. The van der Waals surface area contributed by atoms with Crippen LogP contribution >= 0.6 is 0 Å². The minimum Gasteiger partial charge on any atom is -0.507 e. The quantitative estimate of drug-likeness (QED) is 0.151. The maximum atomic E-state index is 14.4. The molecule has 0 spiro atoms. The fourth-order valence-electron chi connectivity index (χ4n) is 9.05. The van der Waals surface area contributed by atoms with Gasteiger partial charge in [0.15, 0.2) is 11.6 Å². The number of para-hydroxylation sites is 1. The number of ketones is 2. The number of nitrogens with zero attached hydrogens (tertiary/aromatic N) is 1. The number of anilines is 1. The Hall–Kier alpha value is -5.50. The number of Topliss-reactive ketones (excluding diaryl/α,β-unsaturated/α-hetero) is 1. The van der Waals surface area contributed by atoms with Crippen LogP contribution in [0.2, 0.25) is 0 Å². The molecular weight excluding hydrogens is 642 g/mol. The highest BCUT2D eigenvalue weighted by Crippen LogP contribution is 2.63. The summed E-state index contributed by atoms with van der Waals surface area (Å²) in [5, 5.41) is 11.6. The lowest BCUT2D eigenvalue weighted by Gasteiger charge is -2.53. The van der Waals surface area contributed by atoms with Crippen molar-refractivity contribution in [3.8, 4) is 17.2 Å². The third-order valence-electron chi connectivity index (χ3n) is 11.5. The number of phenolic OH excluding ortho intramolecular Hbond substituents is 1. The van der Waals surface area contributed by atoms with Gasteiger partial charge in [-0.1, -0.05) is 67.1 Å². The van der Waals surface area contributed by atoms with Gasteiger partial charge in [-0.25, -0.2) is 0 Å². The van der Waals surface area contributed by atoms with Crippen molar-refractivity contribution in [2.75, 3.05) is 19.1 Å². The third kappa shape index (κ3) is 5.36. The highest BCUT2D eigenvalue weighted by atomic mass is 16.5. The second kappa shape index (κ2) is 13.0. The molecule has 0 unspecified atom stereocenters. The van der Waals surface area contributed by atoms with Gasteiger partial charge in [0.05, 0.1) is 37.2 Å². The molecule has 1 N–H and O–H groups in total. The van der Waals surface area contributed by atoms with E-state index in [0.717, 1.165) is 16.7 Å². The molecule has 1 aliphatic heterocycles. The van der Waals surface area contributed by atoms with Gasteiger partial charge in [0.1, 0.15) is 17.2 Å². The molecule has 7 rings (SSSR count). The van der Waals surface area contributed by atoms with Crippen LogP contribution in [0.3, 0.4) is 0 Å². The monoisotopic (exact) mass is 683 g/mol. The molecule has 4 aliphatic rings. The Kier molecular flexibility index (Phi) is 8.66. The normalized spacial score (nSPS) is 27.1. The Morgan fingerprint density at radius 2 is 1.73 bits per heavy atom. The summed E-state index contributed by atoms with van der Waals surface area (Å²) in [4.78, 5) is 57.6. The van der Waals surface area contributed by atoms with Crippen molar-refractivity contribution in [1.82, 2.24) is 0 Å². The summed E-state index contributed by atoms with van der Waals surface area (Å²) in [6.45, 7) is 7.32. The number of benzene rings is 3. The van der Waals surface area contributed by atoms with Gasteiger partial charge in [-0.2, -0.15) is 0 Å². The van der Waals surface area contributed by atoms with Gasteiger partial charge >= 0.3 is 0 Å². The number of rotatable bonds is 8. The summed E-state index contributed by atoms with van der Waals surface area (Å²) in [7, 11) is 3.21. The van der Waals surface area contributed by atoms with Gasteiger partial charge in [0, 0.05) is 23.0 Å². The van der Waals surface area contributed by atoms with Crippen LogP contribution in [0, 0.1) is 29.1 Å². The van der Waals surface area contributed by atoms with E-state index >= 15 is 0 Å². The first-order valence-electron chi connectivity index (χ1n) is 17.3. The number of allylic oxidation sites excluding steroid dienone is 5. The molecule has 3 aromatic rings. The number of methoxy groups -OCH3 is 2. The van der Waals surface area contributed by atoms with Crippen LogP contribution in [0.1, 0.15) is 54.9 Å². The summed E-state index contributed by atoms with van der Waals surface area (Å²) in [6.07, 6.45) is 9.97. The van der Waals surface area contributed by atoms with E-state index in [0.29, 0.717) is 46.7 Å². The van der Waals surface area contributed by atoms with Gasteiger partial charge in [0.2, 0.25) is 11.8 Å². The van der Waals surface area contributed by atoms with Crippen LogP contribution in [0.4, 0.5) is 5.69 Å². The minimum atomic E-state index is -1.17. The Morgan fingerprint density at radius 3 is 2.43 bits per heavy atom. The molecule has 0 bridgehead atoms. The van der Waals surface area contributed by atoms with Gasteiger partial charge in [-0.15, -0.1) is 6.58 Å². The van der Waals surface area contributed by atoms with Crippen molar-refractivity contribution < 1.29 is 33.8 Å². The van der Waals surface area contributed by atoms with Crippen LogP contribution in [-0.4, -0.2) is 42.7 Å². The molecule has 8 heteroatoms. The first-order chi connectivity index (χ1) is 24.5. The van der Waals surface area contributed by atoms with Gasteiger partial charge in [-0.3, -0.25) is 24.1 Å². The zero-order valence-electron chi connectivity index (χ0n) is 29.2. The number of carbonyl (C=O) groups excluding carboxylic acids is 4. The molecule has 2 amide bonds. The van der Waals surface area contributed by atoms with Crippen molar-refractivity contribution >= 4 is 41.2 Å². The second-order valence-electron chi connectivity index (χ2n) is 14.1. The lowest BCUT2D eigenvalue weighted by atomic mass is 9.47. The molecule has 1 saturated carbocycles. The largest absolute Gasteiger partial charge is 0.507 e. The Balaban J connectivity index is 1.23. The molecule has 8 nitrogen and oxygen atoms in total. The second-order valence-corrected chi connectivity index (χ2v) is 14.1. The van der Waals surface area contributed by atoms with Crippen LogP contribution in [0.5, 0.6) is 17.2 Å². The van der Waals surface area contributed by atoms with Crippen molar-refractivity contribution in [3.63, 3.8) is 0 Å². The number of amides is 2. The number of imide groups is 1. The summed E-state index contributed by atoms with van der Waals surface area (Å²) in [5.74, 6) is -2.53. The maximum absolute atomic E-state index is 14.4. The standard InChI is InChI=1S/C43H41NO7/c1-6-8-26-9-7-10-32(39(26)46)38-30-18-19-31-37(33(30)23-34-35(45)21-24(2)40(47)43(34,38)3)42(49)44(41(31)48)28-15-12-25(13-16-28)11-14-27-22-29(50-4)17-20-36(27)51-5/h6-7,9-18,20-22,31,33-34,37-38,46H,1,8,19,23H2,2-5H3/t31-,33+,34-,37-,38+,43+/m0/s1. The van der Waals surface area contributed by atoms with E-state index in [2.05, 4.69) is 6.58 Å². The Bertz CT molecular complexity index is 2070. The topological polar surface area (TPSA) is 110 Å². The smallest absolute Gasteiger partial charge is 0.238 e. The van der Waals surface area contributed by atoms with Gasteiger partial charge < -0.3 is 14.6 Å². The molecule has 0 aromatic heterocycles. The number of ether oxygens (including phenoxy) is 2. The highest BCUT2D eigenvalue weighted by molar-refractivity contribution is 6.22. The molecule has 1 heterocycles. The average Bonchev–Trinajstić information content (AvgIpc) is 3.39. The van der Waals surface area contributed by atoms with E-state index in [4.69, 9.17) is 9.47 Å². The zero-order chi connectivity index (χ0) is 36.2. The van der Waals surface area contributed by atoms with Crippen LogP contribution in [-0.2, 0) is 25.6 Å². The Labute approximate surface area is 297 Å². The van der Waals surface area contributed by atoms with Crippen LogP contribution in [0.25, 0.3) is 12.2 Å². The molecule has 2 fully saturated rings. The van der Waals surface area contributed by atoms with Crippen molar-refractivity contribution in [2.45, 2.75) is 39.0 Å². The lowest BCUT2D eigenvalue weighted by Crippen LogP contribution is -2.54.